The highest BCUT2D eigenvalue weighted by Crippen LogP contribution is 2.34. The molecule has 0 saturated carbocycles. The second-order valence-electron chi connectivity index (χ2n) is 4.42. The van der Waals surface area contributed by atoms with Crippen molar-refractivity contribution in [2.75, 3.05) is 6.26 Å². The van der Waals surface area contributed by atoms with Gasteiger partial charge in [-0.1, -0.05) is 0 Å². The highest BCUT2D eigenvalue weighted by molar-refractivity contribution is 7.98. The number of thiophene rings is 2. The average Bonchev–Trinajstić information content (AvgIpc) is 3.23. The van der Waals surface area contributed by atoms with E-state index in [4.69, 9.17) is 4.98 Å². The predicted octanol–water partition coefficient (Wildman–Crippen LogP) is 4.89. The van der Waals surface area contributed by atoms with Crippen molar-refractivity contribution < 1.29 is 9.59 Å². The van der Waals surface area contributed by atoms with Crippen LogP contribution in [0.5, 0.6) is 0 Å². The van der Waals surface area contributed by atoms with Crippen LogP contribution in [-0.2, 0) is 0 Å². The molecule has 0 radical (unpaired) electrons. The summed E-state index contributed by atoms with van der Waals surface area (Å²) < 4.78 is 0. The fourth-order valence-corrected chi connectivity index (χ4v) is 4.01. The van der Waals surface area contributed by atoms with Crippen LogP contribution in [0, 0.1) is 0 Å². The van der Waals surface area contributed by atoms with Gasteiger partial charge in [0.2, 0.25) is 0 Å². The number of aromatic nitrogens is 1. The third kappa shape index (κ3) is 3.04. The standard InChI is InChI=1S/C16H11NO2S3/c1-20-12-6-13(15-4-2-10(8-18)21-15)17-14(7-12)16-5-3-11(9-19)22-16/h2-9H,1H3. The maximum Gasteiger partial charge on any atom is 0.160 e. The molecule has 3 aromatic heterocycles. The third-order valence-corrected chi connectivity index (χ3v) is 5.80. The molecule has 3 heterocycles. The summed E-state index contributed by atoms with van der Waals surface area (Å²) in [5, 5.41) is 0. The number of aldehydes is 2. The normalized spacial score (nSPS) is 10.6. The van der Waals surface area contributed by atoms with E-state index in [2.05, 4.69) is 0 Å². The third-order valence-electron chi connectivity index (χ3n) is 3.03. The molecule has 22 heavy (non-hydrogen) atoms. The number of hydrogen-bond acceptors (Lipinski definition) is 6. The Labute approximate surface area is 140 Å². The molecular weight excluding hydrogens is 334 g/mol. The van der Waals surface area contributed by atoms with Gasteiger partial charge in [0.1, 0.15) is 0 Å². The van der Waals surface area contributed by atoms with Gasteiger partial charge in [-0.25, -0.2) is 4.98 Å². The van der Waals surface area contributed by atoms with Crippen molar-refractivity contribution in [2.45, 2.75) is 4.90 Å². The summed E-state index contributed by atoms with van der Waals surface area (Å²) in [5.74, 6) is 0. The summed E-state index contributed by atoms with van der Waals surface area (Å²) in [5.41, 5.74) is 1.70. The summed E-state index contributed by atoms with van der Waals surface area (Å²) in [4.78, 5) is 30.8. The first-order valence-electron chi connectivity index (χ1n) is 6.40. The number of rotatable bonds is 5. The highest BCUT2D eigenvalue weighted by Gasteiger charge is 2.10. The summed E-state index contributed by atoms with van der Waals surface area (Å²) in [7, 11) is 0. The van der Waals surface area contributed by atoms with Gasteiger partial charge >= 0.3 is 0 Å². The fourth-order valence-electron chi connectivity index (χ4n) is 1.98. The van der Waals surface area contributed by atoms with Crippen molar-refractivity contribution in [3.63, 3.8) is 0 Å². The first-order valence-corrected chi connectivity index (χ1v) is 9.26. The fraction of sp³-hybridized carbons (Fsp3) is 0.0625. The molecule has 0 aliphatic heterocycles. The van der Waals surface area contributed by atoms with E-state index >= 15 is 0 Å². The van der Waals surface area contributed by atoms with Crippen molar-refractivity contribution in [3.8, 4) is 21.1 Å². The van der Waals surface area contributed by atoms with Crippen molar-refractivity contribution in [1.82, 2.24) is 4.98 Å². The average molecular weight is 345 g/mol. The Bertz CT molecular complexity index is 771. The van der Waals surface area contributed by atoms with Gasteiger partial charge < -0.3 is 0 Å². The van der Waals surface area contributed by atoms with E-state index in [1.165, 1.54) is 22.7 Å². The molecule has 0 aromatic carbocycles. The molecule has 3 nitrogen and oxygen atoms in total. The minimum atomic E-state index is 0.687. The topological polar surface area (TPSA) is 47.0 Å². The van der Waals surface area contributed by atoms with E-state index < -0.39 is 0 Å². The Hall–Kier alpha value is -1.76. The van der Waals surface area contributed by atoms with Crippen LogP contribution < -0.4 is 0 Å². The minimum Gasteiger partial charge on any atom is -0.297 e. The molecule has 0 fully saturated rings. The molecule has 0 N–H and O–H groups in total. The maximum absolute atomic E-state index is 10.9. The molecule has 0 saturated heterocycles. The second kappa shape index (κ2) is 6.56. The van der Waals surface area contributed by atoms with Gasteiger partial charge in [-0.2, -0.15) is 0 Å². The lowest BCUT2D eigenvalue weighted by molar-refractivity contribution is 0.111. The van der Waals surface area contributed by atoms with Gasteiger partial charge in [-0.15, -0.1) is 34.4 Å². The first-order chi connectivity index (χ1) is 10.7. The Morgan fingerprint density at radius 3 is 1.77 bits per heavy atom. The van der Waals surface area contributed by atoms with Gasteiger partial charge in [-0.3, -0.25) is 9.59 Å². The largest absolute Gasteiger partial charge is 0.297 e. The molecule has 110 valence electrons. The zero-order chi connectivity index (χ0) is 15.5. The van der Waals surface area contributed by atoms with Crippen LogP contribution in [0.1, 0.15) is 19.3 Å². The quantitative estimate of drug-likeness (QED) is 0.488. The minimum absolute atomic E-state index is 0.687. The smallest absolute Gasteiger partial charge is 0.160 e. The number of pyridine rings is 1. The van der Waals surface area contributed by atoms with E-state index in [1.807, 2.05) is 30.5 Å². The number of hydrogen-bond donors (Lipinski definition) is 0. The van der Waals surface area contributed by atoms with E-state index in [9.17, 15) is 9.59 Å². The van der Waals surface area contributed by atoms with Crippen LogP contribution >= 0.6 is 34.4 Å². The van der Waals surface area contributed by atoms with E-state index in [-0.39, 0.29) is 0 Å². The Morgan fingerprint density at radius 2 is 1.41 bits per heavy atom. The van der Waals surface area contributed by atoms with Crippen LogP contribution in [0.25, 0.3) is 21.1 Å². The van der Waals surface area contributed by atoms with Crippen molar-refractivity contribution in [2.24, 2.45) is 0 Å². The maximum atomic E-state index is 10.9. The number of carbonyl (C=O) groups excluding carboxylic acids is 2. The molecule has 0 aliphatic rings. The van der Waals surface area contributed by atoms with Crippen LogP contribution in [0.3, 0.4) is 0 Å². The Balaban J connectivity index is 2.09. The van der Waals surface area contributed by atoms with E-state index in [0.717, 1.165) is 38.6 Å². The molecule has 6 heteroatoms. The molecule has 0 atom stereocenters. The lowest BCUT2D eigenvalue weighted by Gasteiger charge is -2.05. The Kier molecular flexibility index (Phi) is 4.52. The van der Waals surface area contributed by atoms with Gasteiger partial charge in [0.15, 0.2) is 12.6 Å². The SMILES string of the molecule is CSc1cc(-c2ccc(C=O)s2)nc(-c2ccc(C=O)s2)c1. The van der Waals surface area contributed by atoms with Crippen molar-refractivity contribution >= 4 is 47.0 Å². The number of thioether (sulfide) groups is 1. The number of carbonyl (C=O) groups is 2. The summed E-state index contributed by atoms with van der Waals surface area (Å²) in [6.07, 6.45) is 3.71. The molecule has 0 unspecified atom stereocenters. The van der Waals surface area contributed by atoms with Crippen LogP contribution in [0.4, 0.5) is 0 Å². The highest BCUT2D eigenvalue weighted by atomic mass is 32.2. The van der Waals surface area contributed by atoms with Crippen LogP contribution in [0.15, 0.2) is 41.3 Å². The lowest BCUT2D eigenvalue weighted by atomic mass is 10.2. The zero-order valence-electron chi connectivity index (χ0n) is 11.6. The molecule has 0 aliphatic carbocycles. The molecule has 0 bridgehead atoms. The Morgan fingerprint density at radius 1 is 0.909 bits per heavy atom. The van der Waals surface area contributed by atoms with Gasteiger partial charge in [-0.05, 0) is 42.7 Å². The molecule has 0 amide bonds. The molecule has 3 aromatic rings. The van der Waals surface area contributed by atoms with E-state index in [1.54, 1.807) is 23.9 Å². The number of nitrogens with zero attached hydrogens (tertiary/aromatic N) is 1. The van der Waals surface area contributed by atoms with Gasteiger partial charge in [0.05, 0.1) is 30.9 Å². The summed E-state index contributed by atoms with van der Waals surface area (Å²) >= 11 is 4.49. The summed E-state index contributed by atoms with van der Waals surface area (Å²) in [6.45, 7) is 0. The lowest BCUT2D eigenvalue weighted by Crippen LogP contribution is -1.86. The molecule has 3 rings (SSSR count). The van der Waals surface area contributed by atoms with Crippen LogP contribution in [-0.4, -0.2) is 23.8 Å². The van der Waals surface area contributed by atoms with Crippen LogP contribution in [0.2, 0.25) is 0 Å². The zero-order valence-corrected chi connectivity index (χ0v) is 14.1. The predicted molar refractivity (Wildman–Crippen MR) is 93.4 cm³/mol. The van der Waals surface area contributed by atoms with Crippen molar-refractivity contribution in [3.05, 3.63) is 46.2 Å². The second-order valence-corrected chi connectivity index (χ2v) is 7.53. The first kappa shape index (κ1) is 15.1. The van der Waals surface area contributed by atoms with Gasteiger partial charge in [0.25, 0.3) is 0 Å². The summed E-state index contributed by atoms with van der Waals surface area (Å²) in [6, 6.07) is 11.5. The monoisotopic (exact) mass is 345 g/mol. The van der Waals surface area contributed by atoms with E-state index in [0.29, 0.717) is 9.75 Å². The van der Waals surface area contributed by atoms with Gasteiger partial charge in [0, 0.05) is 4.90 Å². The molecule has 0 spiro atoms. The van der Waals surface area contributed by atoms with Crippen molar-refractivity contribution in [1.29, 1.82) is 0 Å². The molecular formula is C16H11NO2S3.